The minimum Gasteiger partial charge on any atom is -0.481 e. The number of carboxylic acids is 1. The average Bonchev–Trinajstić information content (AvgIpc) is 2.07. The van der Waals surface area contributed by atoms with Crippen LogP contribution in [0.1, 0.15) is 19.8 Å². The zero-order valence-electron chi connectivity index (χ0n) is 9.94. The van der Waals surface area contributed by atoms with Gasteiger partial charge in [0.25, 0.3) is 0 Å². The first-order valence-corrected chi connectivity index (χ1v) is 5.66. The molecule has 0 aromatic carbocycles. The summed E-state index contributed by atoms with van der Waals surface area (Å²) in [5.74, 6) is -0.771. The van der Waals surface area contributed by atoms with E-state index in [1.165, 1.54) is 0 Å². The van der Waals surface area contributed by atoms with Crippen LogP contribution in [0.2, 0.25) is 0 Å². The van der Waals surface area contributed by atoms with E-state index in [4.69, 9.17) is 5.11 Å². The van der Waals surface area contributed by atoms with Gasteiger partial charge in [0.1, 0.15) is 0 Å². The highest BCUT2D eigenvalue weighted by molar-refractivity contribution is 5.71. The molecule has 88 valence electrons. The number of hydrogen-bond donors (Lipinski definition) is 1. The zero-order valence-corrected chi connectivity index (χ0v) is 9.94. The van der Waals surface area contributed by atoms with E-state index in [9.17, 15) is 4.79 Å². The van der Waals surface area contributed by atoms with Crippen molar-refractivity contribution >= 4 is 5.97 Å². The monoisotopic (exact) mass is 214 g/mol. The van der Waals surface area contributed by atoms with Crippen LogP contribution in [-0.4, -0.2) is 60.6 Å². The molecule has 0 aliphatic carbocycles. The summed E-state index contributed by atoms with van der Waals surface area (Å²) in [6, 6.07) is 0.558. The summed E-state index contributed by atoms with van der Waals surface area (Å²) in [6.45, 7) is 4.73. The summed E-state index contributed by atoms with van der Waals surface area (Å²) in [5, 5.41) is 8.79. The van der Waals surface area contributed by atoms with E-state index in [1.807, 2.05) is 0 Å². The van der Waals surface area contributed by atoms with Gasteiger partial charge in [0.05, 0.1) is 5.92 Å². The lowest BCUT2D eigenvalue weighted by atomic mass is 9.95. The van der Waals surface area contributed by atoms with E-state index in [-0.39, 0.29) is 5.92 Å². The lowest BCUT2D eigenvalue weighted by Gasteiger charge is -2.42. The largest absolute Gasteiger partial charge is 0.481 e. The molecule has 1 rings (SSSR count). The van der Waals surface area contributed by atoms with Gasteiger partial charge in [0, 0.05) is 19.1 Å². The van der Waals surface area contributed by atoms with E-state index >= 15 is 0 Å². The highest BCUT2D eigenvalue weighted by Crippen LogP contribution is 2.22. The minimum atomic E-state index is -0.645. The first kappa shape index (κ1) is 12.5. The van der Waals surface area contributed by atoms with Gasteiger partial charge in [-0.3, -0.25) is 9.69 Å². The second-order valence-corrected chi connectivity index (χ2v) is 4.64. The predicted molar refractivity (Wildman–Crippen MR) is 59.9 cm³/mol. The van der Waals surface area contributed by atoms with Crippen LogP contribution in [0.25, 0.3) is 0 Å². The summed E-state index contributed by atoms with van der Waals surface area (Å²) < 4.78 is 0. The maximum atomic E-state index is 10.7. The Morgan fingerprint density at radius 1 is 1.53 bits per heavy atom. The van der Waals surface area contributed by atoms with Crippen molar-refractivity contribution in [3.8, 4) is 0 Å². The number of carboxylic acid groups (broad SMARTS) is 1. The maximum absolute atomic E-state index is 10.7. The number of likely N-dealkylation sites (tertiary alicyclic amines) is 1. The molecule has 4 nitrogen and oxygen atoms in total. The predicted octanol–water partition coefficient (Wildman–Crippen LogP) is 0.733. The molecule has 4 heteroatoms. The van der Waals surface area contributed by atoms with Gasteiger partial charge in [-0.25, -0.2) is 0 Å². The van der Waals surface area contributed by atoms with Gasteiger partial charge < -0.3 is 10.0 Å². The molecule has 0 radical (unpaired) electrons. The Morgan fingerprint density at radius 2 is 2.13 bits per heavy atom. The van der Waals surface area contributed by atoms with Gasteiger partial charge in [-0.05, 0) is 33.5 Å². The fraction of sp³-hybridized carbons (Fsp3) is 0.909. The Morgan fingerprint density at radius 3 is 2.53 bits per heavy atom. The van der Waals surface area contributed by atoms with Gasteiger partial charge in [0.15, 0.2) is 0 Å². The number of hydrogen-bond acceptors (Lipinski definition) is 3. The maximum Gasteiger partial charge on any atom is 0.309 e. The van der Waals surface area contributed by atoms with Crippen molar-refractivity contribution in [3.63, 3.8) is 0 Å². The Hall–Kier alpha value is -0.610. The molecule has 1 heterocycles. The number of nitrogens with zero attached hydrogens (tertiary/aromatic N) is 2. The third-order valence-electron chi connectivity index (χ3n) is 3.16. The van der Waals surface area contributed by atoms with Gasteiger partial charge in [0.2, 0.25) is 0 Å². The fourth-order valence-corrected chi connectivity index (χ4v) is 2.02. The van der Waals surface area contributed by atoms with Crippen LogP contribution in [0.3, 0.4) is 0 Å². The molecule has 1 aliphatic rings. The normalized spacial score (nSPS) is 20.3. The molecule has 15 heavy (non-hydrogen) atoms. The molecule has 1 atom stereocenters. The van der Waals surface area contributed by atoms with E-state index in [1.54, 1.807) is 0 Å². The summed E-state index contributed by atoms with van der Waals surface area (Å²) in [6.07, 6.45) is 2.25. The molecule has 1 fully saturated rings. The first-order valence-electron chi connectivity index (χ1n) is 5.66. The van der Waals surface area contributed by atoms with E-state index < -0.39 is 5.97 Å². The van der Waals surface area contributed by atoms with Crippen LogP contribution >= 0.6 is 0 Å². The molecule has 0 saturated carbocycles. The zero-order chi connectivity index (χ0) is 11.4. The van der Waals surface area contributed by atoms with Gasteiger partial charge >= 0.3 is 5.97 Å². The van der Waals surface area contributed by atoms with Crippen molar-refractivity contribution in [3.05, 3.63) is 0 Å². The standard InChI is InChI=1S/C11H22N2O2/c1-4-10(5-6-12(2)3)13-7-9(8-13)11(14)15/h9-10H,4-8H2,1-3H3,(H,14,15). The summed E-state index contributed by atoms with van der Waals surface area (Å²) in [5.41, 5.74) is 0. The van der Waals surface area contributed by atoms with E-state index in [0.29, 0.717) is 6.04 Å². The van der Waals surface area contributed by atoms with Crippen molar-refractivity contribution < 1.29 is 9.90 Å². The van der Waals surface area contributed by atoms with Crippen molar-refractivity contribution in [2.45, 2.75) is 25.8 Å². The lowest BCUT2D eigenvalue weighted by molar-refractivity contribution is -0.148. The van der Waals surface area contributed by atoms with E-state index in [0.717, 1.165) is 32.5 Å². The van der Waals surface area contributed by atoms with Crippen molar-refractivity contribution in [2.24, 2.45) is 5.92 Å². The molecule has 0 spiro atoms. The molecule has 0 bridgehead atoms. The van der Waals surface area contributed by atoms with Gasteiger partial charge in [-0.1, -0.05) is 6.92 Å². The van der Waals surface area contributed by atoms with Gasteiger partial charge in [-0.2, -0.15) is 0 Å². The van der Waals surface area contributed by atoms with Crippen LogP contribution in [-0.2, 0) is 4.79 Å². The van der Waals surface area contributed by atoms with Crippen molar-refractivity contribution in [1.29, 1.82) is 0 Å². The molecule has 1 aliphatic heterocycles. The van der Waals surface area contributed by atoms with Crippen molar-refractivity contribution in [2.75, 3.05) is 33.7 Å². The average molecular weight is 214 g/mol. The van der Waals surface area contributed by atoms with Crippen LogP contribution in [0, 0.1) is 5.92 Å². The fourth-order valence-electron chi connectivity index (χ4n) is 2.02. The van der Waals surface area contributed by atoms with Crippen LogP contribution in [0.4, 0.5) is 0 Å². The molecular weight excluding hydrogens is 192 g/mol. The molecular formula is C11H22N2O2. The summed E-state index contributed by atoms with van der Waals surface area (Å²) >= 11 is 0. The van der Waals surface area contributed by atoms with Crippen LogP contribution < -0.4 is 0 Å². The van der Waals surface area contributed by atoms with Crippen molar-refractivity contribution in [1.82, 2.24) is 9.80 Å². The Bertz CT molecular complexity index is 213. The second-order valence-electron chi connectivity index (χ2n) is 4.64. The van der Waals surface area contributed by atoms with E-state index in [2.05, 4.69) is 30.8 Å². The molecule has 0 aromatic rings. The first-order chi connectivity index (χ1) is 7.04. The highest BCUT2D eigenvalue weighted by atomic mass is 16.4. The summed E-state index contributed by atoms with van der Waals surface area (Å²) in [4.78, 5) is 15.1. The van der Waals surface area contributed by atoms with Crippen LogP contribution in [0.15, 0.2) is 0 Å². The number of carbonyl (C=O) groups is 1. The summed E-state index contributed by atoms with van der Waals surface area (Å²) in [7, 11) is 4.14. The molecule has 1 saturated heterocycles. The topological polar surface area (TPSA) is 43.8 Å². The van der Waals surface area contributed by atoms with Crippen LogP contribution in [0.5, 0.6) is 0 Å². The smallest absolute Gasteiger partial charge is 0.309 e. The Kier molecular flexibility index (Phi) is 4.54. The highest BCUT2D eigenvalue weighted by Gasteiger charge is 2.35. The lowest BCUT2D eigenvalue weighted by Crippen LogP contribution is -2.55. The molecule has 1 unspecified atom stereocenters. The SMILES string of the molecule is CCC(CCN(C)C)N1CC(C(=O)O)C1. The molecule has 0 amide bonds. The minimum absolute atomic E-state index is 0.126. The number of rotatable bonds is 6. The molecule has 1 N–H and O–H groups in total. The molecule has 0 aromatic heterocycles. The third-order valence-corrected chi connectivity index (χ3v) is 3.16. The second kappa shape index (κ2) is 5.47. The Labute approximate surface area is 91.9 Å². The number of aliphatic carboxylic acids is 1. The quantitative estimate of drug-likeness (QED) is 0.708. The van der Waals surface area contributed by atoms with Gasteiger partial charge in [-0.15, -0.1) is 0 Å². The third kappa shape index (κ3) is 3.47. The Balaban J connectivity index is 2.26.